The minimum Gasteiger partial charge on any atom is -0.494 e. The lowest BCUT2D eigenvalue weighted by Gasteiger charge is -2.29. The Hall–Kier alpha value is -1.09. The molecule has 0 aliphatic carbocycles. The van der Waals surface area contributed by atoms with Crippen LogP contribution >= 0.6 is 0 Å². The quantitative estimate of drug-likeness (QED) is 0.850. The van der Waals surface area contributed by atoms with E-state index in [1.165, 1.54) is 7.11 Å². The fourth-order valence-corrected chi connectivity index (χ4v) is 2.52. The lowest BCUT2D eigenvalue weighted by molar-refractivity contribution is 0.364. The number of ether oxygens (including phenoxy) is 1. The molecule has 1 aliphatic rings. The van der Waals surface area contributed by atoms with Crippen molar-refractivity contribution < 1.29 is 9.13 Å². The summed E-state index contributed by atoms with van der Waals surface area (Å²) in [7, 11) is 1.49. The molecule has 3 heteroatoms. The van der Waals surface area contributed by atoms with Crippen LogP contribution in [0, 0.1) is 5.82 Å². The summed E-state index contributed by atoms with van der Waals surface area (Å²) in [5.41, 5.74) is 0.999. The van der Waals surface area contributed by atoms with Crippen LogP contribution < -0.4 is 10.1 Å². The minimum atomic E-state index is -0.276. The minimum absolute atomic E-state index is 0.0346. The van der Waals surface area contributed by atoms with Crippen molar-refractivity contribution in [2.75, 3.05) is 13.7 Å². The average molecular weight is 223 g/mol. The second-order valence-electron chi connectivity index (χ2n) is 4.32. The first kappa shape index (κ1) is 11.4. The van der Waals surface area contributed by atoms with Gasteiger partial charge >= 0.3 is 0 Å². The summed E-state index contributed by atoms with van der Waals surface area (Å²) >= 11 is 0. The van der Waals surface area contributed by atoms with Gasteiger partial charge in [-0.3, -0.25) is 0 Å². The molecular formula is C13H18FNO. The normalized spacial score (nSPS) is 24.7. The molecule has 1 fully saturated rings. The number of hydrogen-bond acceptors (Lipinski definition) is 2. The van der Waals surface area contributed by atoms with Gasteiger partial charge in [0.15, 0.2) is 11.6 Å². The van der Waals surface area contributed by atoms with Gasteiger partial charge in [0.05, 0.1) is 7.11 Å². The number of rotatable bonds is 3. The van der Waals surface area contributed by atoms with Gasteiger partial charge in [0.1, 0.15) is 0 Å². The largest absolute Gasteiger partial charge is 0.494 e. The van der Waals surface area contributed by atoms with Crippen molar-refractivity contribution in [3.8, 4) is 5.75 Å². The fourth-order valence-electron chi connectivity index (χ4n) is 2.52. The van der Waals surface area contributed by atoms with Crippen LogP contribution in [0.25, 0.3) is 0 Å². The molecule has 1 aromatic rings. The summed E-state index contributed by atoms with van der Waals surface area (Å²) in [5, 5.41) is 3.49. The molecule has 1 aromatic carbocycles. The van der Waals surface area contributed by atoms with Crippen LogP contribution in [0.3, 0.4) is 0 Å². The third kappa shape index (κ3) is 1.80. The molecular weight excluding hydrogens is 205 g/mol. The van der Waals surface area contributed by atoms with E-state index in [-0.39, 0.29) is 11.4 Å². The smallest absolute Gasteiger partial charge is 0.165 e. The number of benzene rings is 1. The Morgan fingerprint density at radius 3 is 2.81 bits per heavy atom. The van der Waals surface area contributed by atoms with Crippen LogP contribution in [0.5, 0.6) is 5.75 Å². The van der Waals surface area contributed by atoms with Gasteiger partial charge in [-0.15, -0.1) is 0 Å². The maximum atomic E-state index is 13.7. The third-order valence-corrected chi connectivity index (χ3v) is 3.55. The molecule has 1 atom stereocenters. The molecule has 0 aromatic heterocycles. The first-order valence-corrected chi connectivity index (χ1v) is 5.81. The molecule has 16 heavy (non-hydrogen) atoms. The van der Waals surface area contributed by atoms with Crippen molar-refractivity contribution in [3.63, 3.8) is 0 Å². The van der Waals surface area contributed by atoms with Crippen LogP contribution in [-0.2, 0) is 5.54 Å². The third-order valence-electron chi connectivity index (χ3n) is 3.55. The zero-order valence-corrected chi connectivity index (χ0v) is 9.85. The van der Waals surface area contributed by atoms with Crippen molar-refractivity contribution in [2.45, 2.75) is 31.7 Å². The van der Waals surface area contributed by atoms with E-state index in [0.717, 1.165) is 31.4 Å². The predicted octanol–water partition coefficient (Wildman–Crippen LogP) is 2.82. The second-order valence-corrected chi connectivity index (χ2v) is 4.32. The zero-order chi connectivity index (χ0) is 11.6. The fraction of sp³-hybridized carbons (Fsp3) is 0.538. The van der Waals surface area contributed by atoms with Crippen LogP contribution in [0.2, 0.25) is 0 Å². The van der Waals surface area contributed by atoms with E-state index in [0.29, 0.717) is 5.75 Å². The highest BCUT2D eigenvalue weighted by Crippen LogP contribution is 2.35. The van der Waals surface area contributed by atoms with E-state index in [9.17, 15) is 4.39 Å². The van der Waals surface area contributed by atoms with E-state index < -0.39 is 0 Å². The first-order valence-electron chi connectivity index (χ1n) is 5.81. The van der Waals surface area contributed by atoms with Crippen molar-refractivity contribution in [1.29, 1.82) is 0 Å². The predicted molar refractivity (Wildman–Crippen MR) is 62.2 cm³/mol. The van der Waals surface area contributed by atoms with Gasteiger partial charge in [0, 0.05) is 5.54 Å². The van der Waals surface area contributed by atoms with Crippen LogP contribution in [0.1, 0.15) is 31.7 Å². The van der Waals surface area contributed by atoms with E-state index >= 15 is 0 Å². The molecule has 1 unspecified atom stereocenters. The molecule has 0 spiro atoms. The summed E-state index contributed by atoms with van der Waals surface area (Å²) in [6, 6.07) is 5.27. The first-order chi connectivity index (χ1) is 7.72. The van der Waals surface area contributed by atoms with E-state index in [1.54, 1.807) is 12.1 Å². The molecule has 0 saturated carbocycles. The number of nitrogens with one attached hydrogen (secondary N) is 1. The monoisotopic (exact) mass is 223 g/mol. The summed E-state index contributed by atoms with van der Waals surface area (Å²) in [4.78, 5) is 0. The zero-order valence-electron chi connectivity index (χ0n) is 9.85. The van der Waals surface area contributed by atoms with Crippen molar-refractivity contribution >= 4 is 0 Å². The van der Waals surface area contributed by atoms with Crippen LogP contribution in [-0.4, -0.2) is 13.7 Å². The Morgan fingerprint density at radius 1 is 1.50 bits per heavy atom. The lowest BCUT2D eigenvalue weighted by Crippen LogP contribution is -2.36. The standard InChI is InChI=1S/C13H18FNO/c1-3-13(7-4-8-15-13)10-5-6-12(16-2)11(14)9-10/h5-6,9,15H,3-4,7-8H2,1-2H3. The van der Waals surface area contributed by atoms with Crippen molar-refractivity contribution in [3.05, 3.63) is 29.6 Å². The molecule has 88 valence electrons. The van der Waals surface area contributed by atoms with Gasteiger partial charge in [-0.25, -0.2) is 4.39 Å². The average Bonchev–Trinajstić information content (AvgIpc) is 2.78. The Bertz CT molecular complexity index is 372. The van der Waals surface area contributed by atoms with Crippen molar-refractivity contribution in [1.82, 2.24) is 5.32 Å². The highest BCUT2D eigenvalue weighted by molar-refractivity contribution is 5.34. The Balaban J connectivity index is 2.36. The summed E-state index contributed by atoms with van der Waals surface area (Å²) < 4.78 is 18.6. The molecule has 1 N–H and O–H groups in total. The maximum Gasteiger partial charge on any atom is 0.165 e. The lowest BCUT2D eigenvalue weighted by atomic mass is 9.86. The van der Waals surface area contributed by atoms with Crippen LogP contribution in [0.15, 0.2) is 18.2 Å². The summed E-state index contributed by atoms with van der Waals surface area (Å²) in [5.74, 6) is 0.0366. The Labute approximate surface area is 95.8 Å². The van der Waals surface area contributed by atoms with E-state index in [1.807, 2.05) is 6.07 Å². The Morgan fingerprint density at radius 2 is 2.31 bits per heavy atom. The van der Waals surface area contributed by atoms with Gasteiger partial charge in [-0.2, -0.15) is 0 Å². The van der Waals surface area contributed by atoms with Gasteiger partial charge < -0.3 is 10.1 Å². The maximum absolute atomic E-state index is 13.7. The number of halogens is 1. The van der Waals surface area contributed by atoms with Crippen molar-refractivity contribution in [2.24, 2.45) is 0 Å². The second kappa shape index (κ2) is 4.42. The molecule has 2 nitrogen and oxygen atoms in total. The van der Waals surface area contributed by atoms with E-state index in [4.69, 9.17) is 4.74 Å². The van der Waals surface area contributed by atoms with Gasteiger partial charge in [0.25, 0.3) is 0 Å². The SMILES string of the molecule is CCC1(c2ccc(OC)c(F)c2)CCCN1. The van der Waals surface area contributed by atoms with Gasteiger partial charge in [0.2, 0.25) is 0 Å². The highest BCUT2D eigenvalue weighted by Gasteiger charge is 2.33. The van der Waals surface area contributed by atoms with Gasteiger partial charge in [-0.05, 0) is 43.5 Å². The topological polar surface area (TPSA) is 21.3 Å². The molecule has 2 rings (SSSR count). The summed E-state index contributed by atoms with van der Waals surface area (Å²) in [6.07, 6.45) is 3.22. The Kier molecular flexibility index (Phi) is 3.15. The van der Waals surface area contributed by atoms with Gasteiger partial charge in [-0.1, -0.05) is 13.0 Å². The molecule has 0 radical (unpaired) electrons. The molecule has 1 saturated heterocycles. The molecule has 0 amide bonds. The molecule has 0 bridgehead atoms. The number of methoxy groups -OCH3 is 1. The highest BCUT2D eigenvalue weighted by atomic mass is 19.1. The van der Waals surface area contributed by atoms with Crippen LogP contribution in [0.4, 0.5) is 4.39 Å². The summed E-state index contributed by atoms with van der Waals surface area (Å²) in [6.45, 7) is 3.15. The molecule has 1 heterocycles. The van der Waals surface area contributed by atoms with E-state index in [2.05, 4.69) is 12.2 Å². The molecule has 1 aliphatic heterocycles. The number of hydrogen-bond donors (Lipinski definition) is 1.